The van der Waals surface area contributed by atoms with Crippen molar-refractivity contribution in [1.82, 2.24) is 14.8 Å². The van der Waals surface area contributed by atoms with Crippen LogP contribution in [0.4, 0.5) is 0 Å². The fourth-order valence-corrected chi connectivity index (χ4v) is 2.70. The Labute approximate surface area is 177 Å². The monoisotopic (exact) mass is 494 g/mol. The molecule has 2 heterocycles. The summed E-state index contributed by atoms with van der Waals surface area (Å²) >= 11 is 6.05. The van der Waals surface area contributed by atoms with Crippen LogP contribution in [0.2, 0.25) is 5.02 Å². The Balaban J connectivity index is 0.00000338. The molecule has 0 unspecified atom stereocenters. The molecule has 0 aromatic carbocycles. The van der Waals surface area contributed by atoms with E-state index >= 15 is 0 Å². The van der Waals surface area contributed by atoms with Gasteiger partial charge >= 0.3 is 0 Å². The Morgan fingerprint density at radius 2 is 2.27 bits per heavy atom. The van der Waals surface area contributed by atoms with E-state index in [1.54, 1.807) is 6.26 Å². The third-order valence-corrected chi connectivity index (χ3v) is 3.91. The zero-order chi connectivity index (χ0) is 18.1. The van der Waals surface area contributed by atoms with Crippen LogP contribution < -0.4 is 5.32 Å². The minimum absolute atomic E-state index is 0. The first kappa shape index (κ1) is 22.9. The molecule has 0 aliphatic rings. The lowest BCUT2D eigenvalue weighted by Gasteiger charge is -2.22. The van der Waals surface area contributed by atoms with Crippen molar-refractivity contribution in [3.63, 3.8) is 0 Å². The first-order valence-electron chi connectivity index (χ1n) is 8.50. The zero-order valence-corrected chi connectivity index (χ0v) is 18.7. The number of rotatable bonds is 9. The van der Waals surface area contributed by atoms with E-state index in [-0.39, 0.29) is 24.0 Å². The number of aromatic nitrogens is 1. The summed E-state index contributed by atoms with van der Waals surface area (Å²) in [5.41, 5.74) is 1.14. The molecule has 0 saturated carbocycles. The molecule has 26 heavy (non-hydrogen) atoms. The van der Waals surface area contributed by atoms with Gasteiger partial charge in [0, 0.05) is 45.7 Å². The fourth-order valence-electron chi connectivity index (χ4n) is 2.43. The van der Waals surface area contributed by atoms with Gasteiger partial charge in [-0.25, -0.2) is 0 Å². The second-order valence-electron chi connectivity index (χ2n) is 5.84. The highest BCUT2D eigenvalue weighted by Gasteiger charge is 2.09. The number of furan rings is 1. The molecule has 0 radical (unpaired) electrons. The molecule has 0 amide bonds. The Hall–Kier alpha value is -1.19. The van der Waals surface area contributed by atoms with Crippen LogP contribution in [-0.4, -0.2) is 42.2 Å². The van der Waals surface area contributed by atoms with Gasteiger partial charge in [-0.15, -0.1) is 24.0 Å². The van der Waals surface area contributed by atoms with Crippen LogP contribution >= 0.6 is 35.6 Å². The molecule has 6 nitrogen and oxygen atoms in total. The van der Waals surface area contributed by atoms with Gasteiger partial charge < -0.3 is 23.9 Å². The smallest absolute Gasteiger partial charge is 0.194 e. The largest absolute Gasteiger partial charge is 0.467 e. The van der Waals surface area contributed by atoms with Crippen molar-refractivity contribution >= 4 is 41.5 Å². The standard InChI is InChI=1S/C18H27ClN4O2.HI/c1-4-20-18(23(3)13-16-11-15(19)12-22(16)2)21-8-6-9-24-14-17-7-5-10-25-17;/h5,7,10-12H,4,6,8-9,13-14H2,1-3H3,(H,20,21);1H. The SMILES string of the molecule is CCNC(=NCCCOCc1ccco1)N(C)Cc1cc(Cl)cn1C.I. The summed E-state index contributed by atoms with van der Waals surface area (Å²) in [7, 11) is 4.02. The van der Waals surface area contributed by atoms with Crippen LogP contribution in [0.25, 0.3) is 0 Å². The Kier molecular flexibility index (Phi) is 10.8. The lowest BCUT2D eigenvalue weighted by atomic mass is 10.4. The second-order valence-corrected chi connectivity index (χ2v) is 6.27. The minimum atomic E-state index is 0. The van der Waals surface area contributed by atoms with Gasteiger partial charge in [-0.2, -0.15) is 0 Å². The topological polar surface area (TPSA) is 54.9 Å². The summed E-state index contributed by atoms with van der Waals surface area (Å²) in [6.07, 6.45) is 4.42. The number of nitrogens with one attached hydrogen (secondary N) is 1. The predicted molar refractivity (Wildman–Crippen MR) is 116 cm³/mol. The van der Waals surface area contributed by atoms with Gasteiger partial charge in [-0.1, -0.05) is 11.6 Å². The predicted octanol–water partition coefficient (Wildman–Crippen LogP) is 3.89. The summed E-state index contributed by atoms with van der Waals surface area (Å²) in [5, 5.41) is 4.07. The van der Waals surface area contributed by atoms with Gasteiger partial charge in [0.1, 0.15) is 12.4 Å². The average Bonchev–Trinajstić information content (AvgIpc) is 3.19. The molecule has 0 atom stereocenters. The maximum absolute atomic E-state index is 6.05. The van der Waals surface area contributed by atoms with E-state index in [1.807, 2.05) is 43.1 Å². The van der Waals surface area contributed by atoms with Gasteiger partial charge in [0.05, 0.1) is 17.8 Å². The van der Waals surface area contributed by atoms with E-state index in [0.29, 0.717) is 19.8 Å². The molecule has 0 spiro atoms. The molecule has 146 valence electrons. The molecule has 0 saturated heterocycles. The van der Waals surface area contributed by atoms with E-state index in [1.165, 1.54) is 0 Å². The number of hydrogen-bond donors (Lipinski definition) is 1. The van der Waals surface area contributed by atoms with Crippen molar-refractivity contribution in [3.8, 4) is 0 Å². The molecular formula is C18H28ClIN4O2. The van der Waals surface area contributed by atoms with Crippen LogP contribution in [0.5, 0.6) is 0 Å². The van der Waals surface area contributed by atoms with Crippen LogP contribution in [-0.2, 0) is 24.9 Å². The van der Waals surface area contributed by atoms with Gasteiger partial charge in [-0.3, -0.25) is 4.99 Å². The molecule has 0 aliphatic heterocycles. The second kappa shape index (κ2) is 12.2. The first-order valence-corrected chi connectivity index (χ1v) is 8.88. The molecule has 2 rings (SSSR count). The lowest BCUT2D eigenvalue weighted by Crippen LogP contribution is -2.39. The molecule has 0 bridgehead atoms. The number of aliphatic imine (C=N–C) groups is 1. The average molecular weight is 495 g/mol. The van der Waals surface area contributed by atoms with Crippen molar-refractivity contribution in [3.05, 3.63) is 47.1 Å². The summed E-state index contributed by atoms with van der Waals surface area (Å²) in [4.78, 5) is 6.76. The number of aryl methyl sites for hydroxylation is 1. The molecule has 0 fully saturated rings. The van der Waals surface area contributed by atoms with Crippen molar-refractivity contribution in [1.29, 1.82) is 0 Å². The fraction of sp³-hybridized carbons (Fsp3) is 0.500. The highest BCUT2D eigenvalue weighted by atomic mass is 127. The van der Waals surface area contributed by atoms with E-state index in [9.17, 15) is 0 Å². The first-order chi connectivity index (χ1) is 12.1. The quantitative estimate of drug-likeness (QED) is 0.249. The van der Waals surface area contributed by atoms with Crippen molar-refractivity contribution in [2.45, 2.75) is 26.5 Å². The normalized spacial score (nSPS) is 11.3. The number of ether oxygens (including phenoxy) is 1. The van der Waals surface area contributed by atoms with Gasteiger partial charge in [0.25, 0.3) is 0 Å². The van der Waals surface area contributed by atoms with E-state index in [2.05, 4.69) is 22.1 Å². The minimum Gasteiger partial charge on any atom is -0.467 e. The zero-order valence-electron chi connectivity index (χ0n) is 15.6. The van der Waals surface area contributed by atoms with E-state index in [0.717, 1.165) is 41.9 Å². The van der Waals surface area contributed by atoms with Crippen molar-refractivity contribution < 1.29 is 9.15 Å². The molecule has 0 aliphatic carbocycles. The summed E-state index contributed by atoms with van der Waals surface area (Å²) in [6, 6.07) is 5.75. The van der Waals surface area contributed by atoms with Crippen LogP contribution in [0, 0.1) is 0 Å². The van der Waals surface area contributed by atoms with E-state index < -0.39 is 0 Å². The Bertz CT molecular complexity index is 658. The van der Waals surface area contributed by atoms with E-state index in [4.69, 9.17) is 20.8 Å². The maximum atomic E-state index is 6.05. The summed E-state index contributed by atoms with van der Waals surface area (Å²) < 4.78 is 12.8. The third-order valence-electron chi connectivity index (χ3n) is 3.70. The van der Waals surface area contributed by atoms with Crippen LogP contribution in [0.3, 0.4) is 0 Å². The van der Waals surface area contributed by atoms with Crippen LogP contribution in [0.15, 0.2) is 40.1 Å². The number of hydrogen-bond acceptors (Lipinski definition) is 3. The molecule has 2 aromatic rings. The molecule has 2 aromatic heterocycles. The summed E-state index contributed by atoms with van der Waals surface area (Å²) in [6.45, 7) is 5.50. The molecular weight excluding hydrogens is 467 g/mol. The Morgan fingerprint density at radius 1 is 1.46 bits per heavy atom. The van der Waals surface area contributed by atoms with Gasteiger partial charge in [-0.05, 0) is 31.5 Å². The molecule has 1 N–H and O–H groups in total. The van der Waals surface area contributed by atoms with Crippen molar-refractivity contribution in [2.75, 3.05) is 26.7 Å². The number of nitrogens with zero attached hydrogens (tertiary/aromatic N) is 3. The highest BCUT2D eigenvalue weighted by Crippen LogP contribution is 2.14. The highest BCUT2D eigenvalue weighted by molar-refractivity contribution is 14.0. The van der Waals surface area contributed by atoms with Crippen LogP contribution in [0.1, 0.15) is 24.8 Å². The number of halogens is 2. The Morgan fingerprint density at radius 3 is 2.88 bits per heavy atom. The van der Waals surface area contributed by atoms with Gasteiger partial charge in [0.15, 0.2) is 5.96 Å². The summed E-state index contributed by atoms with van der Waals surface area (Å²) in [5.74, 6) is 1.73. The third kappa shape index (κ3) is 7.59. The van der Waals surface area contributed by atoms with Gasteiger partial charge in [0.2, 0.25) is 0 Å². The molecule has 8 heteroatoms. The maximum Gasteiger partial charge on any atom is 0.194 e. The number of guanidine groups is 1. The lowest BCUT2D eigenvalue weighted by molar-refractivity contribution is 0.105. The van der Waals surface area contributed by atoms with Crippen molar-refractivity contribution in [2.24, 2.45) is 12.0 Å².